The van der Waals surface area contributed by atoms with Crippen LogP contribution in [0.25, 0.3) is 0 Å². The molecule has 2 saturated heterocycles. The third-order valence-electron chi connectivity index (χ3n) is 7.07. The molecule has 10 heteroatoms. The van der Waals surface area contributed by atoms with Crippen LogP contribution in [0, 0.1) is 0 Å². The van der Waals surface area contributed by atoms with Crippen molar-refractivity contribution in [1.29, 1.82) is 0 Å². The Morgan fingerprint density at radius 1 is 0.846 bits per heavy atom. The van der Waals surface area contributed by atoms with E-state index in [0.717, 1.165) is 57.2 Å². The number of piperidine rings is 1. The minimum atomic E-state index is -0.486. The number of rotatable bonds is 11. The van der Waals surface area contributed by atoms with Crippen molar-refractivity contribution in [2.75, 3.05) is 87.7 Å². The summed E-state index contributed by atoms with van der Waals surface area (Å²) >= 11 is 0. The second-order valence-electron chi connectivity index (χ2n) is 9.85. The highest BCUT2D eigenvalue weighted by Gasteiger charge is 2.18. The molecule has 0 saturated carbocycles. The monoisotopic (exact) mass is 538 g/mol. The Hall–Kier alpha value is -3.50. The summed E-state index contributed by atoms with van der Waals surface area (Å²) in [5.74, 6) is 0.626. The maximum Gasteiger partial charge on any atom is 0.411 e. The SMILES string of the molecule is CCOc1ccccc1NC(=O)OCCN1CCN(c2cccc(NC(=O)NCCN3CCCCC3)c2)CC1. The molecule has 2 fully saturated rings. The van der Waals surface area contributed by atoms with E-state index in [0.29, 0.717) is 37.7 Å². The molecule has 0 atom stereocenters. The van der Waals surface area contributed by atoms with Crippen molar-refractivity contribution in [2.24, 2.45) is 0 Å². The van der Waals surface area contributed by atoms with Gasteiger partial charge in [0.05, 0.1) is 12.3 Å². The number of anilines is 3. The van der Waals surface area contributed by atoms with Crippen LogP contribution in [0.15, 0.2) is 48.5 Å². The maximum absolute atomic E-state index is 12.4. The van der Waals surface area contributed by atoms with Crippen molar-refractivity contribution < 1.29 is 19.1 Å². The van der Waals surface area contributed by atoms with Crippen LogP contribution >= 0.6 is 0 Å². The molecule has 39 heavy (non-hydrogen) atoms. The summed E-state index contributed by atoms with van der Waals surface area (Å²) in [5, 5.41) is 8.70. The van der Waals surface area contributed by atoms with Gasteiger partial charge in [0, 0.05) is 57.2 Å². The fraction of sp³-hybridized carbons (Fsp3) is 0.517. The van der Waals surface area contributed by atoms with Crippen LogP contribution in [0.1, 0.15) is 26.2 Å². The number of amides is 3. The molecule has 3 N–H and O–H groups in total. The molecule has 3 amide bonds. The highest BCUT2D eigenvalue weighted by atomic mass is 16.5. The molecule has 0 bridgehead atoms. The maximum atomic E-state index is 12.4. The fourth-order valence-electron chi connectivity index (χ4n) is 4.96. The van der Waals surface area contributed by atoms with Gasteiger partial charge in [0.15, 0.2) is 0 Å². The number of hydrogen-bond acceptors (Lipinski definition) is 7. The number of nitrogens with zero attached hydrogens (tertiary/aromatic N) is 3. The van der Waals surface area contributed by atoms with Gasteiger partial charge >= 0.3 is 12.1 Å². The summed E-state index contributed by atoms with van der Waals surface area (Å²) < 4.78 is 10.9. The zero-order valence-corrected chi connectivity index (χ0v) is 23.0. The molecule has 0 radical (unpaired) electrons. The van der Waals surface area contributed by atoms with Crippen molar-refractivity contribution in [2.45, 2.75) is 26.2 Å². The van der Waals surface area contributed by atoms with E-state index in [4.69, 9.17) is 9.47 Å². The van der Waals surface area contributed by atoms with Crippen LogP contribution in [-0.2, 0) is 4.74 Å². The lowest BCUT2D eigenvalue weighted by Gasteiger charge is -2.36. The molecular formula is C29H42N6O4. The average Bonchev–Trinajstić information content (AvgIpc) is 2.95. The zero-order chi connectivity index (χ0) is 27.3. The summed E-state index contributed by atoms with van der Waals surface area (Å²) in [4.78, 5) is 31.6. The van der Waals surface area contributed by atoms with Crippen molar-refractivity contribution in [1.82, 2.24) is 15.1 Å². The number of nitrogens with one attached hydrogen (secondary N) is 3. The Morgan fingerprint density at radius 2 is 1.62 bits per heavy atom. The molecule has 0 aliphatic carbocycles. The van der Waals surface area contributed by atoms with Crippen molar-refractivity contribution >= 4 is 29.2 Å². The summed E-state index contributed by atoms with van der Waals surface area (Å²) in [6.07, 6.45) is 3.33. The lowest BCUT2D eigenvalue weighted by Crippen LogP contribution is -2.47. The number of benzene rings is 2. The summed E-state index contributed by atoms with van der Waals surface area (Å²) in [7, 11) is 0. The summed E-state index contributed by atoms with van der Waals surface area (Å²) in [5.41, 5.74) is 2.48. The first-order valence-electron chi connectivity index (χ1n) is 14.1. The minimum Gasteiger partial charge on any atom is -0.492 e. The lowest BCUT2D eigenvalue weighted by molar-refractivity contribution is 0.137. The molecule has 212 valence electrons. The molecule has 2 heterocycles. The Kier molecular flexibility index (Phi) is 11.1. The highest BCUT2D eigenvalue weighted by Crippen LogP contribution is 2.24. The number of carbonyl (C=O) groups excluding carboxylic acids is 2. The second-order valence-corrected chi connectivity index (χ2v) is 9.85. The van der Waals surface area contributed by atoms with E-state index in [1.54, 1.807) is 6.07 Å². The molecule has 0 unspecified atom stereocenters. The van der Waals surface area contributed by atoms with E-state index >= 15 is 0 Å². The van der Waals surface area contributed by atoms with Gasteiger partial charge in [-0.05, 0) is 63.2 Å². The van der Waals surface area contributed by atoms with Gasteiger partial charge in [-0.3, -0.25) is 10.2 Å². The van der Waals surface area contributed by atoms with E-state index in [1.165, 1.54) is 19.3 Å². The summed E-state index contributed by atoms with van der Waals surface area (Å²) in [6, 6.07) is 15.1. The number of piperazine rings is 1. The average molecular weight is 539 g/mol. The molecule has 2 aliphatic heterocycles. The Bertz CT molecular complexity index is 1050. The van der Waals surface area contributed by atoms with E-state index in [-0.39, 0.29) is 6.03 Å². The van der Waals surface area contributed by atoms with Crippen molar-refractivity contribution in [3.05, 3.63) is 48.5 Å². The second kappa shape index (κ2) is 15.2. The first-order valence-corrected chi connectivity index (χ1v) is 14.1. The van der Waals surface area contributed by atoms with Crippen LogP contribution in [0.2, 0.25) is 0 Å². The van der Waals surface area contributed by atoms with E-state index < -0.39 is 6.09 Å². The number of likely N-dealkylation sites (tertiary alicyclic amines) is 1. The van der Waals surface area contributed by atoms with Crippen LogP contribution in [0.5, 0.6) is 5.75 Å². The highest BCUT2D eigenvalue weighted by molar-refractivity contribution is 5.89. The molecule has 4 rings (SSSR count). The number of carbonyl (C=O) groups is 2. The molecule has 2 aromatic carbocycles. The first-order chi connectivity index (χ1) is 19.1. The Morgan fingerprint density at radius 3 is 2.41 bits per heavy atom. The van der Waals surface area contributed by atoms with Gasteiger partial charge in [0.1, 0.15) is 12.4 Å². The molecular weight excluding hydrogens is 496 g/mol. The van der Waals surface area contributed by atoms with Gasteiger partial charge < -0.3 is 29.9 Å². The Labute approximate surface area is 231 Å². The van der Waals surface area contributed by atoms with Crippen molar-refractivity contribution in [3.8, 4) is 5.75 Å². The summed E-state index contributed by atoms with van der Waals surface area (Å²) in [6.45, 7) is 10.7. The quantitative estimate of drug-likeness (QED) is 0.397. The molecule has 2 aliphatic rings. The molecule has 0 spiro atoms. The number of para-hydroxylation sites is 2. The standard InChI is InChI=1S/C29H42N6O4/c1-2-38-27-12-5-4-11-26(27)32-29(37)39-22-21-34-17-19-35(20-18-34)25-10-8-9-24(23-25)31-28(36)30-13-16-33-14-6-3-7-15-33/h4-5,8-12,23H,2-3,6-7,13-22H2,1H3,(H,32,37)(H2,30,31,36). The third kappa shape index (κ3) is 9.33. The van der Waals surface area contributed by atoms with Gasteiger partial charge in [0.2, 0.25) is 0 Å². The van der Waals surface area contributed by atoms with E-state index in [1.807, 2.05) is 43.3 Å². The van der Waals surface area contributed by atoms with Crippen LogP contribution in [0.4, 0.5) is 26.7 Å². The first kappa shape index (κ1) is 28.5. The number of ether oxygens (including phenoxy) is 2. The van der Waals surface area contributed by atoms with Gasteiger partial charge in [-0.2, -0.15) is 0 Å². The number of urea groups is 1. The largest absolute Gasteiger partial charge is 0.492 e. The minimum absolute atomic E-state index is 0.167. The predicted molar refractivity (Wildman–Crippen MR) is 155 cm³/mol. The van der Waals surface area contributed by atoms with Gasteiger partial charge in [-0.1, -0.05) is 24.6 Å². The Balaban J connectivity index is 1.13. The van der Waals surface area contributed by atoms with Crippen LogP contribution in [-0.4, -0.2) is 94.0 Å². The van der Waals surface area contributed by atoms with Gasteiger partial charge in [0.25, 0.3) is 0 Å². The number of hydrogen-bond donors (Lipinski definition) is 3. The normalized spacial score (nSPS) is 16.4. The molecule has 10 nitrogen and oxygen atoms in total. The lowest BCUT2D eigenvalue weighted by atomic mass is 10.1. The third-order valence-corrected chi connectivity index (χ3v) is 7.07. The fourth-order valence-corrected chi connectivity index (χ4v) is 4.96. The van der Waals surface area contributed by atoms with Crippen LogP contribution in [0.3, 0.4) is 0 Å². The molecule has 2 aromatic rings. The van der Waals surface area contributed by atoms with Gasteiger partial charge in [-0.25, -0.2) is 9.59 Å². The van der Waals surface area contributed by atoms with Crippen molar-refractivity contribution in [3.63, 3.8) is 0 Å². The van der Waals surface area contributed by atoms with E-state index in [2.05, 4.69) is 36.7 Å². The zero-order valence-electron chi connectivity index (χ0n) is 23.0. The van der Waals surface area contributed by atoms with Gasteiger partial charge in [-0.15, -0.1) is 0 Å². The predicted octanol–water partition coefficient (Wildman–Crippen LogP) is 4.06. The molecule has 0 aromatic heterocycles. The topological polar surface area (TPSA) is 98.4 Å². The van der Waals surface area contributed by atoms with E-state index in [9.17, 15) is 9.59 Å². The smallest absolute Gasteiger partial charge is 0.411 e. The van der Waals surface area contributed by atoms with Crippen LogP contribution < -0.4 is 25.6 Å².